The number of alkyl halides is 3. The molecule has 0 saturated heterocycles. The van der Waals surface area contributed by atoms with Gasteiger partial charge in [0.2, 0.25) is 0 Å². The summed E-state index contributed by atoms with van der Waals surface area (Å²) in [5, 5.41) is 6.36. The van der Waals surface area contributed by atoms with E-state index < -0.39 is 17.8 Å². The van der Waals surface area contributed by atoms with E-state index >= 15 is 0 Å². The molecule has 0 atom stereocenters. The number of carbonyl (C=O) groups excluding carboxylic acids is 1. The number of rotatable bonds is 4. The van der Waals surface area contributed by atoms with Crippen molar-refractivity contribution in [2.75, 3.05) is 12.4 Å². The lowest BCUT2D eigenvalue weighted by molar-refractivity contribution is -0.142. The number of pyridine rings is 1. The molecule has 0 aliphatic heterocycles. The van der Waals surface area contributed by atoms with Crippen LogP contribution in [0.4, 0.5) is 18.9 Å². The number of aromatic nitrogens is 4. The van der Waals surface area contributed by atoms with Crippen molar-refractivity contribution in [3.63, 3.8) is 0 Å². The highest BCUT2D eigenvalue weighted by molar-refractivity contribution is 6.03. The number of carbonyl (C=O) groups is 1. The van der Waals surface area contributed by atoms with Crippen LogP contribution in [0.25, 0.3) is 16.9 Å². The molecule has 0 fully saturated rings. The third-order valence-corrected chi connectivity index (χ3v) is 4.26. The molecule has 10 heteroatoms. The average molecular weight is 413 g/mol. The molecule has 3 heterocycles. The number of hydrogen-bond donors (Lipinski definition) is 1. The standard InChI is InChI=1S/C20H14F3N5O2/c1-30-14-6-4-12(5-7-14)15-9-17(20(21,22)23)28-18(26-15)10-16(27-28)19(29)25-13-3-2-8-24-11-13/h2-11H,1H3,(H,25,29). The third kappa shape index (κ3) is 3.79. The molecule has 152 valence electrons. The van der Waals surface area contributed by atoms with Crippen LogP contribution in [0.15, 0.2) is 60.9 Å². The fourth-order valence-electron chi connectivity index (χ4n) is 2.83. The van der Waals surface area contributed by atoms with Gasteiger partial charge in [0, 0.05) is 17.8 Å². The average Bonchev–Trinajstić information content (AvgIpc) is 3.17. The van der Waals surface area contributed by atoms with Gasteiger partial charge < -0.3 is 10.1 Å². The zero-order valence-corrected chi connectivity index (χ0v) is 15.5. The fraction of sp³-hybridized carbons (Fsp3) is 0.100. The summed E-state index contributed by atoms with van der Waals surface area (Å²) < 4.78 is 46.7. The molecule has 0 bridgehead atoms. The predicted molar refractivity (Wildman–Crippen MR) is 102 cm³/mol. The van der Waals surface area contributed by atoms with Gasteiger partial charge in [-0.05, 0) is 42.5 Å². The Hall–Kier alpha value is -3.95. The molecule has 3 aromatic heterocycles. The minimum Gasteiger partial charge on any atom is -0.497 e. The second kappa shape index (κ2) is 7.47. The lowest BCUT2D eigenvalue weighted by Gasteiger charge is -2.11. The van der Waals surface area contributed by atoms with E-state index in [-0.39, 0.29) is 17.0 Å². The maximum atomic E-state index is 13.7. The molecule has 0 aliphatic carbocycles. The summed E-state index contributed by atoms with van der Waals surface area (Å²) in [5.74, 6) is -0.109. The van der Waals surface area contributed by atoms with Gasteiger partial charge in [-0.25, -0.2) is 9.50 Å². The van der Waals surface area contributed by atoms with E-state index in [1.807, 2.05) is 0 Å². The van der Waals surface area contributed by atoms with Gasteiger partial charge in [-0.1, -0.05) is 0 Å². The Balaban J connectivity index is 1.78. The van der Waals surface area contributed by atoms with Crippen LogP contribution < -0.4 is 10.1 Å². The van der Waals surface area contributed by atoms with Crippen molar-refractivity contribution >= 4 is 17.2 Å². The SMILES string of the molecule is COc1ccc(-c2cc(C(F)(F)F)n3nc(C(=O)Nc4cccnc4)cc3n2)cc1. The van der Waals surface area contributed by atoms with Crippen LogP contribution in [0.5, 0.6) is 5.75 Å². The molecule has 0 spiro atoms. The Morgan fingerprint density at radius 3 is 2.53 bits per heavy atom. The van der Waals surface area contributed by atoms with Gasteiger partial charge in [0.1, 0.15) is 5.75 Å². The van der Waals surface area contributed by atoms with Crippen molar-refractivity contribution in [2.45, 2.75) is 6.18 Å². The summed E-state index contributed by atoms with van der Waals surface area (Å²) in [5.41, 5.74) is -0.403. The van der Waals surface area contributed by atoms with Crippen molar-refractivity contribution in [3.05, 3.63) is 72.3 Å². The summed E-state index contributed by atoms with van der Waals surface area (Å²) in [4.78, 5) is 20.6. The lowest BCUT2D eigenvalue weighted by Crippen LogP contribution is -2.15. The highest BCUT2D eigenvalue weighted by atomic mass is 19.4. The molecule has 4 rings (SSSR count). The zero-order chi connectivity index (χ0) is 21.3. The second-order valence-electron chi connectivity index (χ2n) is 6.25. The molecule has 30 heavy (non-hydrogen) atoms. The maximum Gasteiger partial charge on any atom is 0.433 e. The smallest absolute Gasteiger partial charge is 0.433 e. The van der Waals surface area contributed by atoms with Crippen molar-refractivity contribution in [1.29, 1.82) is 0 Å². The number of methoxy groups -OCH3 is 1. The van der Waals surface area contributed by atoms with E-state index in [1.165, 1.54) is 25.6 Å². The van der Waals surface area contributed by atoms with Crippen molar-refractivity contribution in [3.8, 4) is 17.0 Å². The Morgan fingerprint density at radius 1 is 1.13 bits per heavy atom. The number of anilines is 1. The molecule has 7 nitrogen and oxygen atoms in total. The zero-order valence-electron chi connectivity index (χ0n) is 15.5. The van der Waals surface area contributed by atoms with E-state index in [4.69, 9.17) is 4.74 Å². The molecular formula is C20H14F3N5O2. The molecule has 1 aromatic carbocycles. The lowest BCUT2D eigenvalue weighted by atomic mass is 10.1. The van der Waals surface area contributed by atoms with Crippen LogP contribution in [0.1, 0.15) is 16.2 Å². The van der Waals surface area contributed by atoms with E-state index in [9.17, 15) is 18.0 Å². The Labute approximate surface area is 168 Å². The van der Waals surface area contributed by atoms with Gasteiger partial charge in [-0.2, -0.15) is 18.3 Å². The van der Waals surface area contributed by atoms with Gasteiger partial charge in [-0.3, -0.25) is 9.78 Å². The highest BCUT2D eigenvalue weighted by Gasteiger charge is 2.35. The first-order valence-corrected chi connectivity index (χ1v) is 8.69. The van der Waals surface area contributed by atoms with Crippen LogP contribution in [0.2, 0.25) is 0 Å². The molecule has 4 aromatic rings. The summed E-state index contributed by atoms with van der Waals surface area (Å²) >= 11 is 0. The van der Waals surface area contributed by atoms with Crippen LogP contribution >= 0.6 is 0 Å². The van der Waals surface area contributed by atoms with Crippen LogP contribution in [-0.2, 0) is 6.18 Å². The van der Waals surface area contributed by atoms with Crippen LogP contribution in [0.3, 0.4) is 0 Å². The molecule has 1 N–H and O–H groups in total. The van der Waals surface area contributed by atoms with E-state index in [0.29, 0.717) is 21.5 Å². The molecule has 0 saturated carbocycles. The summed E-state index contributed by atoms with van der Waals surface area (Å²) in [6.45, 7) is 0. The van der Waals surface area contributed by atoms with Gasteiger partial charge in [0.25, 0.3) is 5.91 Å². The number of ether oxygens (including phenoxy) is 1. The number of hydrogen-bond acceptors (Lipinski definition) is 5. The summed E-state index contributed by atoms with van der Waals surface area (Å²) in [6.07, 6.45) is -1.76. The van der Waals surface area contributed by atoms with Gasteiger partial charge >= 0.3 is 6.18 Å². The predicted octanol–water partition coefficient (Wildman–Crippen LogP) is 4.07. The highest BCUT2D eigenvalue weighted by Crippen LogP contribution is 2.32. The molecule has 1 amide bonds. The summed E-state index contributed by atoms with van der Waals surface area (Å²) in [7, 11) is 1.49. The molecule has 0 aliphatic rings. The molecule has 0 radical (unpaired) electrons. The van der Waals surface area contributed by atoms with Crippen LogP contribution in [-0.4, -0.2) is 32.6 Å². The minimum atomic E-state index is -4.70. The topological polar surface area (TPSA) is 81.4 Å². The quantitative estimate of drug-likeness (QED) is 0.546. The largest absolute Gasteiger partial charge is 0.497 e. The van der Waals surface area contributed by atoms with Gasteiger partial charge in [0.15, 0.2) is 17.0 Å². The first-order chi connectivity index (χ1) is 14.3. The van der Waals surface area contributed by atoms with E-state index in [0.717, 1.165) is 6.07 Å². The second-order valence-corrected chi connectivity index (χ2v) is 6.25. The van der Waals surface area contributed by atoms with E-state index in [2.05, 4.69) is 20.4 Å². The van der Waals surface area contributed by atoms with Crippen molar-refractivity contribution in [1.82, 2.24) is 19.6 Å². The monoisotopic (exact) mass is 413 g/mol. The van der Waals surface area contributed by atoms with Crippen LogP contribution in [0, 0.1) is 0 Å². The molecule has 0 unspecified atom stereocenters. The number of halogens is 3. The Morgan fingerprint density at radius 2 is 1.90 bits per heavy atom. The van der Waals surface area contributed by atoms with Gasteiger partial charge in [-0.15, -0.1) is 0 Å². The first kappa shape index (κ1) is 19.4. The fourth-order valence-corrected chi connectivity index (χ4v) is 2.83. The number of amides is 1. The van der Waals surface area contributed by atoms with Gasteiger partial charge in [0.05, 0.1) is 24.7 Å². The molecular weight excluding hydrogens is 399 g/mol. The van der Waals surface area contributed by atoms with E-state index in [1.54, 1.807) is 36.4 Å². The normalized spacial score (nSPS) is 11.5. The Bertz CT molecular complexity index is 1210. The Kier molecular flexibility index (Phi) is 4.82. The van der Waals surface area contributed by atoms with Crippen molar-refractivity contribution in [2.24, 2.45) is 0 Å². The maximum absolute atomic E-state index is 13.7. The first-order valence-electron chi connectivity index (χ1n) is 8.69. The van der Waals surface area contributed by atoms with Crippen molar-refractivity contribution < 1.29 is 22.7 Å². The minimum absolute atomic E-state index is 0.0941. The third-order valence-electron chi connectivity index (χ3n) is 4.26. The number of benzene rings is 1. The summed E-state index contributed by atoms with van der Waals surface area (Å²) in [6, 6.07) is 11.8. The number of nitrogens with zero attached hydrogens (tertiary/aromatic N) is 4. The number of fused-ring (bicyclic) bond motifs is 1. The number of nitrogens with one attached hydrogen (secondary N) is 1.